The topological polar surface area (TPSA) is 48.5 Å². The van der Waals surface area contributed by atoms with Gasteiger partial charge in [-0.25, -0.2) is 9.97 Å². The van der Waals surface area contributed by atoms with E-state index in [0.29, 0.717) is 0 Å². The second kappa shape index (κ2) is 6.74. The third-order valence-corrected chi connectivity index (χ3v) is 6.21. The van der Waals surface area contributed by atoms with Gasteiger partial charge in [0.2, 0.25) is 0 Å². The van der Waals surface area contributed by atoms with Gasteiger partial charge in [0, 0.05) is 23.0 Å². The first-order valence-electron chi connectivity index (χ1n) is 11.0. The summed E-state index contributed by atoms with van der Waals surface area (Å²) in [6.07, 6.45) is 1.82. The molecule has 0 saturated carbocycles. The summed E-state index contributed by atoms with van der Waals surface area (Å²) in [5.41, 5.74) is 9.61. The van der Waals surface area contributed by atoms with Crippen molar-refractivity contribution in [3.8, 4) is 11.4 Å². The van der Waals surface area contributed by atoms with E-state index in [0.717, 1.165) is 55.6 Å². The molecule has 0 radical (unpaired) electrons. The number of nitrogens with zero attached hydrogens (tertiary/aromatic N) is 5. The molecule has 0 fully saturated rings. The van der Waals surface area contributed by atoms with Gasteiger partial charge in [-0.3, -0.25) is 14.1 Å². The average molecular weight is 425 g/mol. The fourth-order valence-electron chi connectivity index (χ4n) is 4.79. The Labute approximate surface area is 189 Å². The lowest BCUT2D eigenvalue weighted by atomic mass is 10.2. The second-order valence-corrected chi connectivity index (χ2v) is 8.30. The highest BCUT2D eigenvalue weighted by Crippen LogP contribution is 2.34. The number of benzene rings is 3. The van der Waals surface area contributed by atoms with Crippen molar-refractivity contribution >= 4 is 44.3 Å². The van der Waals surface area contributed by atoms with Crippen LogP contribution in [0.4, 0.5) is 0 Å². The number of hydrogen-bond donors (Lipinski definition) is 0. The molecule has 0 aliphatic heterocycles. The number of rotatable bonds is 2. The van der Waals surface area contributed by atoms with E-state index >= 15 is 0 Å². The van der Waals surface area contributed by atoms with Crippen molar-refractivity contribution in [3.05, 3.63) is 103 Å². The van der Waals surface area contributed by atoms with Crippen LogP contribution in [0.1, 0.15) is 5.56 Å². The third kappa shape index (κ3) is 2.56. The Balaban J connectivity index is 1.70. The molecule has 156 valence electrons. The van der Waals surface area contributed by atoms with Crippen molar-refractivity contribution in [2.45, 2.75) is 6.92 Å². The summed E-state index contributed by atoms with van der Waals surface area (Å²) >= 11 is 0. The van der Waals surface area contributed by atoms with Crippen LogP contribution in [0.2, 0.25) is 0 Å². The van der Waals surface area contributed by atoms with Crippen LogP contribution in [0.5, 0.6) is 0 Å². The Hall–Kier alpha value is -4.51. The van der Waals surface area contributed by atoms with Crippen molar-refractivity contribution < 1.29 is 0 Å². The quantitative estimate of drug-likeness (QED) is 0.323. The van der Waals surface area contributed by atoms with E-state index in [1.165, 1.54) is 5.56 Å². The molecule has 33 heavy (non-hydrogen) atoms. The van der Waals surface area contributed by atoms with Crippen LogP contribution in [0, 0.1) is 6.92 Å². The maximum Gasteiger partial charge on any atom is 0.168 e. The highest BCUT2D eigenvalue weighted by molar-refractivity contribution is 6.11. The number of aryl methyl sites for hydroxylation is 1. The van der Waals surface area contributed by atoms with Crippen LogP contribution in [0.15, 0.2) is 97.2 Å². The zero-order valence-corrected chi connectivity index (χ0v) is 18.0. The van der Waals surface area contributed by atoms with E-state index in [-0.39, 0.29) is 0 Å². The largest absolute Gasteiger partial charge is 0.292 e. The molecule has 5 heteroatoms. The molecule has 7 rings (SSSR count). The van der Waals surface area contributed by atoms with Crippen molar-refractivity contribution in [2.75, 3.05) is 0 Å². The molecule has 0 bridgehead atoms. The van der Waals surface area contributed by atoms with Gasteiger partial charge in [-0.15, -0.1) is 0 Å². The molecule has 7 aromatic rings. The first-order chi connectivity index (χ1) is 16.3. The SMILES string of the molecule is Cc1cccc(-n2c3cccnc3c3nc4c5ccccc5n(-c5ccccc5)c4nc32)c1. The fraction of sp³-hybridized carbons (Fsp3) is 0.0357. The molecular weight excluding hydrogens is 406 g/mol. The van der Waals surface area contributed by atoms with E-state index < -0.39 is 0 Å². The molecule has 0 N–H and O–H groups in total. The highest BCUT2D eigenvalue weighted by Gasteiger charge is 2.21. The van der Waals surface area contributed by atoms with Gasteiger partial charge in [0.25, 0.3) is 0 Å². The van der Waals surface area contributed by atoms with Crippen LogP contribution in [0.25, 0.3) is 55.6 Å². The number of hydrogen-bond acceptors (Lipinski definition) is 3. The van der Waals surface area contributed by atoms with Crippen LogP contribution in [-0.4, -0.2) is 24.1 Å². The van der Waals surface area contributed by atoms with Gasteiger partial charge in [0.1, 0.15) is 16.6 Å². The lowest BCUT2D eigenvalue weighted by Crippen LogP contribution is -1.99. The maximum absolute atomic E-state index is 5.26. The highest BCUT2D eigenvalue weighted by atomic mass is 15.1. The summed E-state index contributed by atoms with van der Waals surface area (Å²) in [7, 11) is 0. The predicted octanol–water partition coefficient (Wildman–Crippen LogP) is 6.37. The van der Waals surface area contributed by atoms with E-state index in [1.54, 1.807) is 0 Å². The molecule has 4 heterocycles. The maximum atomic E-state index is 5.26. The summed E-state index contributed by atoms with van der Waals surface area (Å²) in [6, 6.07) is 31.2. The van der Waals surface area contributed by atoms with Gasteiger partial charge in [0.05, 0.1) is 11.0 Å². The van der Waals surface area contributed by atoms with Crippen LogP contribution in [0.3, 0.4) is 0 Å². The molecule has 5 nitrogen and oxygen atoms in total. The van der Waals surface area contributed by atoms with Crippen molar-refractivity contribution in [2.24, 2.45) is 0 Å². The minimum atomic E-state index is 0.807. The Morgan fingerprint density at radius 1 is 0.576 bits per heavy atom. The zero-order chi connectivity index (χ0) is 21.9. The van der Waals surface area contributed by atoms with Gasteiger partial charge in [0.15, 0.2) is 11.3 Å². The minimum absolute atomic E-state index is 0.807. The summed E-state index contributed by atoms with van der Waals surface area (Å²) < 4.78 is 4.37. The smallest absolute Gasteiger partial charge is 0.168 e. The van der Waals surface area contributed by atoms with Crippen LogP contribution < -0.4 is 0 Å². The van der Waals surface area contributed by atoms with Gasteiger partial charge >= 0.3 is 0 Å². The third-order valence-electron chi connectivity index (χ3n) is 6.21. The van der Waals surface area contributed by atoms with Crippen LogP contribution >= 0.6 is 0 Å². The molecule has 0 unspecified atom stereocenters. The Kier molecular flexibility index (Phi) is 3.70. The number of para-hydroxylation sites is 2. The van der Waals surface area contributed by atoms with Crippen LogP contribution in [-0.2, 0) is 0 Å². The summed E-state index contributed by atoms with van der Waals surface area (Å²) in [5, 5.41) is 1.08. The molecule has 4 aromatic heterocycles. The first-order valence-corrected chi connectivity index (χ1v) is 11.0. The molecule has 0 saturated heterocycles. The van der Waals surface area contributed by atoms with E-state index in [9.17, 15) is 0 Å². The van der Waals surface area contributed by atoms with Gasteiger partial charge in [-0.1, -0.05) is 48.5 Å². The molecule has 0 aliphatic carbocycles. The van der Waals surface area contributed by atoms with E-state index in [1.807, 2.05) is 18.3 Å². The fourth-order valence-corrected chi connectivity index (χ4v) is 4.79. The Bertz CT molecular complexity index is 1830. The number of aromatic nitrogens is 5. The number of pyridine rings is 1. The van der Waals surface area contributed by atoms with Crippen molar-refractivity contribution in [3.63, 3.8) is 0 Å². The average Bonchev–Trinajstić information content (AvgIpc) is 3.35. The van der Waals surface area contributed by atoms with Gasteiger partial charge in [-0.2, -0.15) is 0 Å². The second-order valence-electron chi connectivity index (χ2n) is 8.30. The normalized spacial score (nSPS) is 11.8. The summed E-state index contributed by atoms with van der Waals surface area (Å²) in [6.45, 7) is 2.10. The molecule has 0 aliphatic rings. The Morgan fingerprint density at radius 2 is 1.30 bits per heavy atom. The van der Waals surface area contributed by atoms with E-state index in [2.05, 4.69) is 94.9 Å². The molecule has 0 amide bonds. The van der Waals surface area contributed by atoms with Gasteiger partial charge in [-0.05, 0) is 55.0 Å². The standard InChI is InChI=1S/C28H19N5/c1-18-9-7-12-20(17-18)33-23-15-8-16-29-25(23)26-28(33)31-27-24(30-26)21-13-5-6-14-22(21)32(27)19-10-3-2-4-11-19/h2-17H,1H3. The molecule has 0 atom stereocenters. The van der Waals surface area contributed by atoms with E-state index in [4.69, 9.17) is 15.0 Å². The monoisotopic (exact) mass is 425 g/mol. The predicted molar refractivity (Wildman–Crippen MR) is 133 cm³/mol. The number of fused-ring (bicyclic) bond motifs is 6. The summed E-state index contributed by atoms with van der Waals surface area (Å²) in [5.74, 6) is 0. The minimum Gasteiger partial charge on any atom is -0.292 e. The summed E-state index contributed by atoms with van der Waals surface area (Å²) in [4.78, 5) is 15.1. The molecule has 3 aromatic carbocycles. The lowest BCUT2D eigenvalue weighted by Gasteiger charge is -2.09. The van der Waals surface area contributed by atoms with Crippen molar-refractivity contribution in [1.29, 1.82) is 0 Å². The Morgan fingerprint density at radius 3 is 2.18 bits per heavy atom. The molecular formula is C28H19N5. The zero-order valence-electron chi connectivity index (χ0n) is 18.0. The molecule has 0 spiro atoms. The lowest BCUT2D eigenvalue weighted by molar-refractivity contribution is 1.10. The first kappa shape index (κ1) is 18.1. The van der Waals surface area contributed by atoms with Crippen molar-refractivity contribution in [1.82, 2.24) is 24.1 Å². The van der Waals surface area contributed by atoms with Gasteiger partial charge < -0.3 is 0 Å².